The number of carbonyl (C=O) groups excluding carboxylic acids is 2. The molecule has 1 aliphatic heterocycles. The monoisotopic (exact) mass is 377 g/mol. The van der Waals surface area contributed by atoms with Crippen LogP contribution in [0.25, 0.3) is 0 Å². The first-order valence-electron chi connectivity index (χ1n) is 8.58. The highest BCUT2D eigenvalue weighted by molar-refractivity contribution is 8.00. The Morgan fingerprint density at radius 1 is 1.46 bits per heavy atom. The lowest BCUT2D eigenvalue weighted by Gasteiger charge is -2.32. The molecule has 2 amide bonds. The minimum Gasteiger partial charge on any atom is -0.382 e. The Labute approximate surface area is 158 Å². The molecular formula is C19H27N3O3S. The van der Waals surface area contributed by atoms with Gasteiger partial charge in [0.25, 0.3) is 5.91 Å². The predicted octanol–water partition coefficient (Wildman–Crippen LogP) is 0.900. The maximum Gasteiger partial charge on any atom is 0.254 e. The quantitative estimate of drug-likeness (QED) is 0.614. The van der Waals surface area contributed by atoms with Crippen LogP contribution in [0.1, 0.15) is 19.4 Å². The van der Waals surface area contributed by atoms with Gasteiger partial charge < -0.3 is 21.1 Å². The molecule has 2 rings (SSSR count). The van der Waals surface area contributed by atoms with Gasteiger partial charge in [-0.2, -0.15) is 0 Å². The van der Waals surface area contributed by atoms with Crippen LogP contribution in [0.3, 0.4) is 0 Å². The number of benzene rings is 1. The highest BCUT2D eigenvalue weighted by Gasteiger charge is 2.49. The summed E-state index contributed by atoms with van der Waals surface area (Å²) in [6.45, 7) is 7.74. The van der Waals surface area contributed by atoms with Crippen LogP contribution in [0.15, 0.2) is 43.0 Å². The van der Waals surface area contributed by atoms with Crippen molar-refractivity contribution in [2.75, 3.05) is 12.4 Å². The molecule has 0 aromatic heterocycles. The van der Waals surface area contributed by atoms with Crippen molar-refractivity contribution < 1.29 is 14.7 Å². The van der Waals surface area contributed by atoms with Gasteiger partial charge in [0.15, 0.2) is 0 Å². The molecule has 1 heterocycles. The Bertz CT molecular complexity index is 651. The minimum absolute atomic E-state index is 0.253. The SMILES string of the molecule is C=CCNC(=O)C1N(C(=O)[C@@H](O)C(N)Cc2ccccc2)CSC1(C)C. The number of nitrogens with zero attached hydrogens (tertiary/aromatic N) is 1. The summed E-state index contributed by atoms with van der Waals surface area (Å²) in [6.07, 6.45) is 0.606. The number of nitrogens with two attached hydrogens (primary N) is 1. The lowest BCUT2D eigenvalue weighted by Crippen LogP contribution is -2.57. The Kier molecular flexibility index (Phi) is 6.86. The van der Waals surface area contributed by atoms with E-state index in [1.807, 2.05) is 44.2 Å². The number of aliphatic hydroxyl groups is 1. The number of hydrogen-bond donors (Lipinski definition) is 3. The van der Waals surface area contributed by atoms with Gasteiger partial charge in [0.1, 0.15) is 12.1 Å². The van der Waals surface area contributed by atoms with Gasteiger partial charge in [0.2, 0.25) is 5.91 Å². The van der Waals surface area contributed by atoms with Gasteiger partial charge in [0, 0.05) is 17.3 Å². The van der Waals surface area contributed by atoms with Crippen molar-refractivity contribution in [1.29, 1.82) is 0 Å². The summed E-state index contributed by atoms with van der Waals surface area (Å²) in [5.74, 6) is -0.421. The Morgan fingerprint density at radius 2 is 2.12 bits per heavy atom. The molecule has 26 heavy (non-hydrogen) atoms. The first-order chi connectivity index (χ1) is 12.3. The number of nitrogens with one attached hydrogen (secondary N) is 1. The Morgan fingerprint density at radius 3 is 2.73 bits per heavy atom. The number of amides is 2. The van der Waals surface area contributed by atoms with E-state index in [0.717, 1.165) is 5.56 Å². The molecule has 3 atom stereocenters. The van der Waals surface area contributed by atoms with Gasteiger partial charge in [-0.25, -0.2) is 0 Å². The van der Waals surface area contributed by atoms with Crippen molar-refractivity contribution in [3.8, 4) is 0 Å². The van der Waals surface area contributed by atoms with Crippen LogP contribution < -0.4 is 11.1 Å². The molecule has 0 saturated carbocycles. The fourth-order valence-electron chi connectivity index (χ4n) is 3.03. The van der Waals surface area contributed by atoms with Crippen LogP contribution >= 0.6 is 11.8 Å². The third-order valence-corrected chi connectivity index (χ3v) is 5.85. The van der Waals surface area contributed by atoms with Crippen molar-refractivity contribution in [1.82, 2.24) is 10.2 Å². The standard InChI is InChI=1S/C19H27N3O3S/c1-4-10-21-17(24)16-19(2,3)26-12-22(16)18(25)15(23)14(20)11-13-8-6-5-7-9-13/h4-9,14-16,23H,1,10-12,20H2,2-3H3,(H,21,24)/t14?,15-,16?/m0/s1. The molecule has 7 heteroatoms. The molecule has 0 spiro atoms. The van der Waals surface area contributed by atoms with E-state index in [2.05, 4.69) is 11.9 Å². The van der Waals surface area contributed by atoms with Crippen molar-refractivity contribution in [3.63, 3.8) is 0 Å². The Hall–Kier alpha value is -1.83. The summed E-state index contributed by atoms with van der Waals surface area (Å²) in [5.41, 5.74) is 7.02. The summed E-state index contributed by atoms with van der Waals surface area (Å²) in [5, 5.41) is 13.2. The van der Waals surface area contributed by atoms with Gasteiger partial charge in [-0.3, -0.25) is 9.59 Å². The fourth-order valence-corrected chi connectivity index (χ4v) is 4.17. The molecule has 0 bridgehead atoms. The molecule has 1 aromatic carbocycles. The summed E-state index contributed by atoms with van der Waals surface area (Å²) >= 11 is 1.51. The molecular weight excluding hydrogens is 350 g/mol. The maximum absolute atomic E-state index is 12.8. The van der Waals surface area contributed by atoms with Crippen LogP contribution in [0.4, 0.5) is 0 Å². The number of thioether (sulfide) groups is 1. The summed E-state index contributed by atoms with van der Waals surface area (Å²) in [4.78, 5) is 26.8. The van der Waals surface area contributed by atoms with Gasteiger partial charge in [-0.1, -0.05) is 36.4 Å². The first-order valence-corrected chi connectivity index (χ1v) is 9.57. The third-order valence-electron chi connectivity index (χ3n) is 4.47. The van der Waals surface area contributed by atoms with Crippen LogP contribution in [-0.2, 0) is 16.0 Å². The highest BCUT2D eigenvalue weighted by Crippen LogP contribution is 2.39. The largest absolute Gasteiger partial charge is 0.382 e. The molecule has 1 saturated heterocycles. The van der Waals surface area contributed by atoms with E-state index in [-0.39, 0.29) is 5.91 Å². The molecule has 142 valence electrons. The van der Waals surface area contributed by atoms with E-state index in [0.29, 0.717) is 18.8 Å². The maximum atomic E-state index is 12.8. The van der Waals surface area contributed by atoms with Crippen LogP contribution in [-0.4, -0.2) is 57.2 Å². The van der Waals surface area contributed by atoms with Gasteiger partial charge in [-0.15, -0.1) is 18.3 Å². The molecule has 2 unspecified atom stereocenters. The molecule has 0 aliphatic carbocycles. The Balaban J connectivity index is 2.10. The molecule has 1 aromatic rings. The second kappa shape index (κ2) is 8.70. The molecule has 6 nitrogen and oxygen atoms in total. The van der Waals surface area contributed by atoms with Crippen molar-refractivity contribution in [3.05, 3.63) is 48.6 Å². The zero-order chi connectivity index (χ0) is 19.3. The number of hydrogen-bond acceptors (Lipinski definition) is 5. The van der Waals surface area contributed by atoms with Crippen molar-refractivity contribution >= 4 is 23.6 Å². The van der Waals surface area contributed by atoms with Crippen LogP contribution in [0, 0.1) is 0 Å². The minimum atomic E-state index is -1.36. The van der Waals surface area contributed by atoms with Crippen LogP contribution in [0.2, 0.25) is 0 Å². The van der Waals surface area contributed by atoms with E-state index < -0.39 is 28.8 Å². The van der Waals surface area contributed by atoms with Crippen LogP contribution in [0.5, 0.6) is 0 Å². The van der Waals surface area contributed by atoms with Gasteiger partial charge in [-0.05, 0) is 25.8 Å². The predicted molar refractivity (Wildman–Crippen MR) is 105 cm³/mol. The summed E-state index contributed by atoms with van der Waals surface area (Å²) in [6, 6.07) is 8.06. The average molecular weight is 378 g/mol. The zero-order valence-corrected chi connectivity index (χ0v) is 16.0. The lowest BCUT2D eigenvalue weighted by molar-refractivity contribution is -0.146. The summed E-state index contributed by atoms with van der Waals surface area (Å²) < 4.78 is -0.454. The molecule has 4 N–H and O–H groups in total. The molecule has 0 radical (unpaired) electrons. The van der Waals surface area contributed by atoms with Gasteiger partial charge >= 0.3 is 0 Å². The van der Waals surface area contributed by atoms with E-state index in [9.17, 15) is 14.7 Å². The van der Waals surface area contributed by atoms with E-state index in [1.54, 1.807) is 6.08 Å². The molecule has 1 fully saturated rings. The zero-order valence-electron chi connectivity index (χ0n) is 15.2. The number of carbonyl (C=O) groups is 2. The second-order valence-corrected chi connectivity index (χ2v) is 8.52. The van der Waals surface area contributed by atoms with Crippen molar-refractivity contribution in [2.45, 2.75) is 43.2 Å². The summed E-state index contributed by atoms with van der Waals surface area (Å²) in [7, 11) is 0. The normalized spacial score (nSPS) is 21.1. The van der Waals surface area contributed by atoms with Gasteiger partial charge in [0.05, 0.1) is 5.88 Å². The smallest absolute Gasteiger partial charge is 0.254 e. The second-order valence-electron chi connectivity index (χ2n) is 6.92. The average Bonchev–Trinajstić information content (AvgIpc) is 2.94. The van der Waals surface area contributed by atoms with Crippen molar-refractivity contribution in [2.24, 2.45) is 5.73 Å². The topological polar surface area (TPSA) is 95.7 Å². The first kappa shape index (κ1) is 20.5. The number of rotatable bonds is 7. The molecule has 1 aliphatic rings. The fraction of sp³-hybridized carbons (Fsp3) is 0.474. The number of aliphatic hydroxyl groups excluding tert-OH is 1. The highest BCUT2D eigenvalue weighted by atomic mass is 32.2. The lowest BCUT2D eigenvalue weighted by atomic mass is 9.98. The third kappa shape index (κ3) is 4.66. The van der Waals surface area contributed by atoms with E-state index >= 15 is 0 Å². The van der Waals surface area contributed by atoms with E-state index in [1.165, 1.54) is 16.7 Å². The van der Waals surface area contributed by atoms with E-state index in [4.69, 9.17) is 5.73 Å².